The number of piperazine rings is 1. The fraction of sp³-hybridized carbons (Fsp3) is 0.353. The van der Waals surface area contributed by atoms with Gasteiger partial charge in [-0.3, -0.25) is 9.69 Å². The Balaban J connectivity index is 1.75. The molecule has 2 heterocycles. The first-order chi connectivity index (χ1) is 10.1. The molecule has 1 aliphatic rings. The lowest BCUT2D eigenvalue weighted by atomic mass is 10.1. The lowest BCUT2D eigenvalue weighted by molar-refractivity contribution is -0.122. The van der Waals surface area contributed by atoms with Gasteiger partial charge in [-0.15, -0.1) is 0 Å². The predicted molar refractivity (Wildman–Crippen MR) is 82.1 cm³/mol. The van der Waals surface area contributed by atoms with E-state index < -0.39 is 0 Å². The standard InChI is InChI=1S/C17H20N2O2/c1-13-5-3-4-6-16(13)19-9-14(2)18(11-17(19)20)10-15-7-8-21-12-15/h3-8,12,14H,9-11H2,1-2H3/t14-/m0/s1. The molecule has 2 aromatic rings. The molecule has 110 valence electrons. The highest BCUT2D eigenvalue weighted by Crippen LogP contribution is 2.24. The van der Waals surface area contributed by atoms with Gasteiger partial charge in [-0.2, -0.15) is 0 Å². The summed E-state index contributed by atoms with van der Waals surface area (Å²) in [7, 11) is 0. The van der Waals surface area contributed by atoms with E-state index in [2.05, 4.69) is 11.8 Å². The maximum absolute atomic E-state index is 12.5. The van der Waals surface area contributed by atoms with Crippen LogP contribution < -0.4 is 4.90 Å². The molecule has 3 rings (SSSR count). The number of carbonyl (C=O) groups excluding carboxylic acids is 1. The molecule has 1 amide bonds. The lowest BCUT2D eigenvalue weighted by Gasteiger charge is -2.39. The minimum absolute atomic E-state index is 0.158. The number of anilines is 1. The summed E-state index contributed by atoms with van der Waals surface area (Å²) < 4.78 is 5.10. The van der Waals surface area contributed by atoms with Gasteiger partial charge in [0.25, 0.3) is 0 Å². The smallest absolute Gasteiger partial charge is 0.241 e. The highest BCUT2D eigenvalue weighted by Gasteiger charge is 2.30. The molecule has 1 fully saturated rings. The molecular formula is C17H20N2O2. The van der Waals surface area contributed by atoms with E-state index >= 15 is 0 Å². The van der Waals surface area contributed by atoms with E-state index in [4.69, 9.17) is 4.42 Å². The van der Waals surface area contributed by atoms with Crippen LogP contribution in [0.3, 0.4) is 0 Å². The van der Waals surface area contributed by atoms with Crippen molar-refractivity contribution in [2.45, 2.75) is 26.4 Å². The van der Waals surface area contributed by atoms with Gasteiger partial charge in [-0.1, -0.05) is 18.2 Å². The van der Waals surface area contributed by atoms with Crippen molar-refractivity contribution < 1.29 is 9.21 Å². The van der Waals surface area contributed by atoms with Gasteiger partial charge in [-0.25, -0.2) is 0 Å². The Bertz CT molecular complexity index is 621. The molecule has 0 radical (unpaired) electrons. The molecule has 1 aliphatic heterocycles. The highest BCUT2D eigenvalue weighted by atomic mass is 16.3. The van der Waals surface area contributed by atoms with E-state index in [-0.39, 0.29) is 5.91 Å². The number of carbonyl (C=O) groups is 1. The Hall–Kier alpha value is -2.07. The van der Waals surface area contributed by atoms with Gasteiger partial charge in [0, 0.05) is 30.4 Å². The summed E-state index contributed by atoms with van der Waals surface area (Å²) in [4.78, 5) is 16.6. The van der Waals surface area contributed by atoms with E-state index in [1.165, 1.54) is 0 Å². The molecule has 0 unspecified atom stereocenters. The largest absolute Gasteiger partial charge is 0.472 e. The van der Waals surface area contributed by atoms with E-state index in [0.29, 0.717) is 12.6 Å². The first-order valence-corrected chi connectivity index (χ1v) is 7.26. The average molecular weight is 284 g/mol. The third-order valence-electron chi connectivity index (χ3n) is 4.08. The summed E-state index contributed by atoms with van der Waals surface area (Å²) in [6.45, 7) is 6.14. The first kappa shape index (κ1) is 13.9. The number of benzene rings is 1. The molecule has 1 atom stereocenters. The molecule has 0 N–H and O–H groups in total. The molecule has 4 heteroatoms. The molecule has 21 heavy (non-hydrogen) atoms. The van der Waals surface area contributed by atoms with E-state index in [0.717, 1.165) is 29.9 Å². The summed E-state index contributed by atoms with van der Waals surface area (Å²) in [6, 6.07) is 10.3. The second-order valence-corrected chi connectivity index (χ2v) is 5.68. The Morgan fingerprint density at radius 3 is 2.81 bits per heavy atom. The molecule has 1 aromatic heterocycles. The Labute approximate surface area is 125 Å². The molecule has 0 bridgehead atoms. The van der Waals surface area contributed by atoms with Crippen LogP contribution in [-0.4, -0.2) is 29.9 Å². The van der Waals surface area contributed by atoms with Crippen molar-refractivity contribution >= 4 is 11.6 Å². The van der Waals surface area contributed by atoms with Crippen LogP contribution in [0.2, 0.25) is 0 Å². The van der Waals surface area contributed by atoms with Gasteiger partial charge >= 0.3 is 0 Å². The van der Waals surface area contributed by atoms with Gasteiger partial charge in [0.1, 0.15) is 0 Å². The summed E-state index contributed by atoms with van der Waals surface area (Å²) >= 11 is 0. The quantitative estimate of drug-likeness (QED) is 0.869. The number of hydrogen-bond donors (Lipinski definition) is 0. The number of hydrogen-bond acceptors (Lipinski definition) is 3. The molecule has 0 aliphatic carbocycles. The van der Waals surface area contributed by atoms with Crippen LogP contribution in [0.25, 0.3) is 0 Å². The van der Waals surface area contributed by atoms with Crippen molar-refractivity contribution in [1.82, 2.24) is 4.90 Å². The van der Waals surface area contributed by atoms with Crippen LogP contribution in [0, 0.1) is 6.92 Å². The summed E-state index contributed by atoms with van der Waals surface area (Å²) in [6.07, 6.45) is 3.41. The average Bonchev–Trinajstić information content (AvgIpc) is 2.96. The van der Waals surface area contributed by atoms with Crippen LogP contribution >= 0.6 is 0 Å². The number of rotatable bonds is 3. The Morgan fingerprint density at radius 1 is 1.29 bits per heavy atom. The lowest BCUT2D eigenvalue weighted by Crippen LogP contribution is -2.55. The summed E-state index contributed by atoms with van der Waals surface area (Å²) in [5, 5.41) is 0. The van der Waals surface area contributed by atoms with Crippen molar-refractivity contribution in [3.63, 3.8) is 0 Å². The SMILES string of the molecule is Cc1ccccc1N1C[C@H](C)N(Cc2ccoc2)CC1=O. The maximum atomic E-state index is 12.5. The Kier molecular flexibility index (Phi) is 3.80. The van der Waals surface area contributed by atoms with Gasteiger partial charge in [-0.05, 0) is 31.5 Å². The van der Waals surface area contributed by atoms with Crippen LogP contribution in [0.4, 0.5) is 5.69 Å². The van der Waals surface area contributed by atoms with E-state index in [1.54, 1.807) is 12.5 Å². The number of amides is 1. The molecular weight excluding hydrogens is 264 g/mol. The second kappa shape index (κ2) is 5.74. The zero-order valence-electron chi connectivity index (χ0n) is 12.5. The summed E-state index contributed by atoms with van der Waals surface area (Å²) in [5.41, 5.74) is 3.28. The first-order valence-electron chi connectivity index (χ1n) is 7.26. The van der Waals surface area contributed by atoms with E-state index in [9.17, 15) is 4.79 Å². The third kappa shape index (κ3) is 2.85. The number of furan rings is 1. The van der Waals surface area contributed by atoms with E-state index in [1.807, 2.05) is 42.2 Å². The number of nitrogens with zero attached hydrogens (tertiary/aromatic N) is 2. The molecule has 1 saturated heterocycles. The normalized spacial score (nSPS) is 20.0. The fourth-order valence-electron chi connectivity index (χ4n) is 2.82. The highest BCUT2D eigenvalue weighted by molar-refractivity contribution is 5.96. The minimum Gasteiger partial charge on any atom is -0.472 e. The second-order valence-electron chi connectivity index (χ2n) is 5.68. The third-order valence-corrected chi connectivity index (χ3v) is 4.08. The fourth-order valence-corrected chi connectivity index (χ4v) is 2.82. The predicted octanol–water partition coefficient (Wildman–Crippen LogP) is 2.83. The van der Waals surface area contributed by atoms with Crippen molar-refractivity contribution in [2.75, 3.05) is 18.0 Å². The van der Waals surface area contributed by atoms with Gasteiger partial charge in [0.2, 0.25) is 5.91 Å². The molecule has 0 saturated carbocycles. The molecule has 4 nitrogen and oxygen atoms in total. The zero-order valence-corrected chi connectivity index (χ0v) is 12.5. The zero-order chi connectivity index (χ0) is 14.8. The van der Waals surface area contributed by atoms with Gasteiger partial charge < -0.3 is 9.32 Å². The Morgan fingerprint density at radius 2 is 2.10 bits per heavy atom. The topological polar surface area (TPSA) is 36.7 Å². The number of aryl methyl sites for hydroxylation is 1. The van der Waals surface area contributed by atoms with Crippen LogP contribution in [0.5, 0.6) is 0 Å². The summed E-state index contributed by atoms with van der Waals surface area (Å²) in [5.74, 6) is 0.158. The van der Waals surface area contributed by atoms with Crippen LogP contribution in [-0.2, 0) is 11.3 Å². The van der Waals surface area contributed by atoms with Gasteiger partial charge in [0.05, 0.1) is 19.1 Å². The van der Waals surface area contributed by atoms with Crippen molar-refractivity contribution in [3.05, 3.63) is 54.0 Å². The van der Waals surface area contributed by atoms with Crippen LogP contribution in [0.1, 0.15) is 18.1 Å². The van der Waals surface area contributed by atoms with Crippen molar-refractivity contribution in [1.29, 1.82) is 0 Å². The maximum Gasteiger partial charge on any atom is 0.241 e. The van der Waals surface area contributed by atoms with Crippen molar-refractivity contribution in [3.8, 4) is 0 Å². The van der Waals surface area contributed by atoms with Gasteiger partial charge in [0.15, 0.2) is 0 Å². The molecule has 1 aromatic carbocycles. The van der Waals surface area contributed by atoms with Crippen molar-refractivity contribution in [2.24, 2.45) is 0 Å². The minimum atomic E-state index is 0.158. The van der Waals surface area contributed by atoms with Crippen LogP contribution in [0.15, 0.2) is 47.3 Å². The monoisotopic (exact) mass is 284 g/mol. The number of para-hydroxylation sites is 1. The molecule has 0 spiro atoms.